The third-order valence-electron chi connectivity index (χ3n) is 3.62. The maximum atomic E-state index is 6.30. The SMILES string of the molecule is CO[Si](OC)(OC)C(Cc1ccccc1)C(N)CCN. The van der Waals surface area contributed by atoms with Crippen molar-refractivity contribution in [3.05, 3.63) is 35.9 Å². The average Bonchev–Trinajstić information content (AvgIpc) is 2.49. The third-order valence-corrected chi connectivity index (χ3v) is 6.87. The fourth-order valence-electron chi connectivity index (χ4n) is 2.50. The molecule has 2 atom stereocenters. The molecule has 5 nitrogen and oxygen atoms in total. The van der Waals surface area contributed by atoms with E-state index in [1.165, 1.54) is 5.56 Å². The van der Waals surface area contributed by atoms with Gasteiger partial charge in [0, 0.05) is 32.9 Å². The van der Waals surface area contributed by atoms with Gasteiger partial charge in [-0.1, -0.05) is 30.3 Å². The molecule has 1 aromatic rings. The Morgan fingerprint density at radius 2 is 1.60 bits per heavy atom. The molecule has 0 spiro atoms. The molecule has 0 bridgehead atoms. The topological polar surface area (TPSA) is 79.7 Å². The van der Waals surface area contributed by atoms with Crippen LogP contribution in [0.4, 0.5) is 0 Å². The zero-order valence-corrected chi connectivity index (χ0v) is 13.5. The van der Waals surface area contributed by atoms with E-state index in [9.17, 15) is 0 Å². The first-order chi connectivity index (χ1) is 9.63. The summed E-state index contributed by atoms with van der Waals surface area (Å²) in [5.41, 5.74) is 13.1. The summed E-state index contributed by atoms with van der Waals surface area (Å²) in [5.74, 6) is 0. The maximum absolute atomic E-state index is 6.30. The number of hydrogen-bond donors (Lipinski definition) is 2. The molecule has 0 saturated heterocycles. The van der Waals surface area contributed by atoms with Gasteiger partial charge in [0.2, 0.25) is 0 Å². The monoisotopic (exact) mass is 298 g/mol. The Kier molecular flexibility index (Phi) is 7.35. The van der Waals surface area contributed by atoms with Crippen LogP contribution in [-0.2, 0) is 19.7 Å². The van der Waals surface area contributed by atoms with Gasteiger partial charge < -0.3 is 24.7 Å². The zero-order chi connectivity index (χ0) is 15.0. The summed E-state index contributed by atoms with van der Waals surface area (Å²) in [4.78, 5) is 0. The van der Waals surface area contributed by atoms with Gasteiger partial charge in [-0.05, 0) is 24.9 Å². The molecule has 0 radical (unpaired) electrons. The lowest BCUT2D eigenvalue weighted by Gasteiger charge is -2.36. The van der Waals surface area contributed by atoms with Crippen LogP contribution in [0.2, 0.25) is 5.54 Å². The standard InChI is InChI=1S/C14H26N2O3Si/c1-17-20(18-2,19-3)14(13(16)9-10-15)11-12-7-5-4-6-8-12/h4-8,13-14H,9-11,15-16H2,1-3H3. The molecule has 0 aromatic heterocycles. The summed E-state index contributed by atoms with van der Waals surface area (Å²) < 4.78 is 16.8. The second kappa shape index (κ2) is 8.51. The van der Waals surface area contributed by atoms with E-state index in [-0.39, 0.29) is 11.6 Å². The minimum Gasteiger partial charge on any atom is -0.377 e. The normalized spacial score (nSPS) is 15.1. The summed E-state index contributed by atoms with van der Waals surface area (Å²) in [5, 5.41) is 0. The van der Waals surface area contributed by atoms with Gasteiger partial charge in [0.25, 0.3) is 0 Å². The van der Waals surface area contributed by atoms with Crippen LogP contribution in [0.25, 0.3) is 0 Å². The Bertz CT molecular complexity index is 366. The van der Waals surface area contributed by atoms with Crippen molar-refractivity contribution in [2.45, 2.75) is 24.4 Å². The highest BCUT2D eigenvalue weighted by Gasteiger charge is 2.49. The molecule has 0 amide bonds. The summed E-state index contributed by atoms with van der Waals surface area (Å²) in [6.45, 7) is 0.536. The van der Waals surface area contributed by atoms with E-state index >= 15 is 0 Å². The molecule has 0 heterocycles. The van der Waals surface area contributed by atoms with Crippen LogP contribution in [0.3, 0.4) is 0 Å². The van der Waals surface area contributed by atoms with Crippen LogP contribution in [0, 0.1) is 0 Å². The van der Waals surface area contributed by atoms with Crippen molar-refractivity contribution in [3.8, 4) is 0 Å². The molecule has 1 aromatic carbocycles. The molecule has 0 aliphatic rings. The molecule has 0 fully saturated rings. The predicted molar refractivity (Wildman–Crippen MR) is 82.3 cm³/mol. The molecule has 4 N–H and O–H groups in total. The largest absolute Gasteiger partial charge is 0.505 e. The first kappa shape index (κ1) is 17.3. The van der Waals surface area contributed by atoms with E-state index in [0.717, 1.165) is 6.42 Å². The fourth-order valence-corrected chi connectivity index (χ4v) is 5.09. The van der Waals surface area contributed by atoms with Crippen LogP contribution in [0.15, 0.2) is 30.3 Å². The lowest BCUT2D eigenvalue weighted by molar-refractivity contribution is 0.106. The number of rotatable bonds is 9. The molecule has 2 unspecified atom stereocenters. The Hall–Kier alpha value is -0.763. The van der Waals surface area contributed by atoms with E-state index in [4.69, 9.17) is 24.7 Å². The Balaban J connectivity index is 3.01. The van der Waals surface area contributed by atoms with Crippen LogP contribution < -0.4 is 11.5 Å². The minimum atomic E-state index is -2.81. The fraction of sp³-hybridized carbons (Fsp3) is 0.571. The molecule has 20 heavy (non-hydrogen) atoms. The van der Waals surface area contributed by atoms with Crippen molar-refractivity contribution < 1.29 is 13.3 Å². The summed E-state index contributed by atoms with van der Waals surface area (Å²) in [6, 6.07) is 10.0. The van der Waals surface area contributed by atoms with E-state index in [0.29, 0.717) is 13.0 Å². The van der Waals surface area contributed by atoms with E-state index in [2.05, 4.69) is 12.1 Å². The van der Waals surface area contributed by atoms with Gasteiger partial charge in [-0.2, -0.15) is 0 Å². The average molecular weight is 298 g/mol. The maximum Gasteiger partial charge on any atom is 0.505 e. The van der Waals surface area contributed by atoms with E-state index in [1.54, 1.807) is 21.3 Å². The Morgan fingerprint density at radius 3 is 2.05 bits per heavy atom. The van der Waals surface area contributed by atoms with Crippen molar-refractivity contribution >= 4 is 8.80 Å². The number of hydrogen-bond acceptors (Lipinski definition) is 5. The van der Waals surface area contributed by atoms with Crippen molar-refractivity contribution in [2.75, 3.05) is 27.9 Å². The van der Waals surface area contributed by atoms with Crippen LogP contribution in [0.1, 0.15) is 12.0 Å². The van der Waals surface area contributed by atoms with Crippen LogP contribution in [0.5, 0.6) is 0 Å². The summed E-state index contributed by atoms with van der Waals surface area (Å²) in [7, 11) is 2.04. The van der Waals surface area contributed by atoms with Gasteiger partial charge in [-0.15, -0.1) is 0 Å². The van der Waals surface area contributed by atoms with Gasteiger partial charge >= 0.3 is 8.80 Å². The Labute approximate surface area is 122 Å². The van der Waals surface area contributed by atoms with Gasteiger partial charge in [0.1, 0.15) is 0 Å². The number of benzene rings is 1. The molecule has 0 aliphatic carbocycles. The highest BCUT2D eigenvalue weighted by molar-refractivity contribution is 6.62. The highest BCUT2D eigenvalue weighted by atomic mass is 28.4. The van der Waals surface area contributed by atoms with Gasteiger partial charge in [-0.3, -0.25) is 0 Å². The molecule has 0 saturated carbocycles. The number of nitrogens with two attached hydrogens (primary N) is 2. The quantitative estimate of drug-likeness (QED) is 0.669. The molecule has 1 rings (SSSR count). The van der Waals surface area contributed by atoms with E-state index in [1.807, 2.05) is 18.2 Å². The van der Waals surface area contributed by atoms with Gasteiger partial charge in [0.15, 0.2) is 0 Å². The molecule has 0 aliphatic heterocycles. The lowest BCUT2D eigenvalue weighted by atomic mass is 10.0. The molecular weight excluding hydrogens is 272 g/mol. The molecule has 114 valence electrons. The lowest BCUT2D eigenvalue weighted by Crippen LogP contribution is -2.54. The summed E-state index contributed by atoms with van der Waals surface area (Å²) >= 11 is 0. The highest BCUT2D eigenvalue weighted by Crippen LogP contribution is 2.31. The smallest absolute Gasteiger partial charge is 0.377 e. The van der Waals surface area contributed by atoms with Crippen molar-refractivity contribution in [2.24, 2.45) is 11.5 Å². The van der Waals surface area contributed by atoms with Crippen molar-refractivity contribution in [3.63, 3.8) is 0 Å². The van der Waals surface area contributed by atoms with Crippen molar-refractivity contribution in [1.82, 2.24) is 0 Å². The van der Waals surface area contributed by atoms with Gasteiger partial charge in [0.05, 0.1) is 0 Å². The minimum absolute atomic E-state index is 0.0200. The zero-order valence-electron chi connectivity index (χ0n) is 12.5. The first-order valence-corrected chi connectivity index (χ1v) is 8.58. The first-order valence-electron chi connectivity index (χ1n) is 6.78. The second-order valence-electron chi connectivity index (χ2n) is 4.75. The molecular formula is C14H26N2O3Si. The molecule has 6 heteroatoms. The second-order valence-corrected chi connectivity index (χ2v) is 7.93. The predicted octanol–water partition coefficient (Wildman–Crippen LogP) is 1.15. The van der Waals surface area contributed by atoms with Crippen LogP contribution in [-0.4, -0.2) is 42.7 Å². The summed E-state index contributed by atoms with van der Waals surface area (Å²) in [6.07, 6.45) is 1.46. The van der Waals surface area contributed by atoms with Crippen molar-refractivity contribution in [1.29, 1.82) is 0 Å². The Morgan fingerprint density at radius 1 is 1.05 bits per heavy atom. The third kappa shape index (κ3) is 4.11. The van der Waals surface area contributed by atoms with Gasteiger partial charge in [-0.25, -0.2) is 0 Å². The van der Waals surface area contributed by atoms with Crippen LogP contribution >= 0.6 is 0 Å². The van der Waals surface area contributed by atoms with E-state index < -0.39 is 8.80 Å².